The van der Waals surface area contributed by atoms with E-state index in [2.05, 4.69) is 28.2 Å². The fraction of sp³-hybridized carbons (Fsp3) is 0.562. The van der Waals surface area contributed by atoms with Crippen LogP contribution < -0.4 is 5.32 Å². The first-order valence-electron chi connectivity index (χ1n) is 7.32. The van der Waals surface area contributed by atoms with Crippen LogP contribution in [0.5, 0.6) is 0 Å². The highest BCUT2D eigenvalue weighted by molar-refractivity contribution is 5.92. The van der Waals surface area contributed by atoms with Crippen LogP contribution in [0.15, 0.2) is 18.2 Å². The Balaban J connectivity index is 1.88. The lowest BCUT2D eigenvalue weighted by atomic mass is 10.1. The summed E-state index contributed by atoms with van der Waals surface area (Å²) in [7, 11) is 2.14. The van der Waals surface area contributed by atoms with Crippen molar-refractivity contribution in [2.45, 2.75) is 20.3 Å². The van der Waals surface area contributed by atoms with Crippen LogP contribution in [-0.2, 0) is 4.79 Å². The summed E-state index contributed by atoms with van der Waals surface area (Å²) in [5.74, 6) is 0.0829. The van der Waals surface area contributed by atoms with Crippen LogP contribution >= 0.6 is 0 Å². The van der Waals surface area contributed by atoms with Crippen LogP contribution in [0, 0.1) is 13.8 Å². The third-order valence-electron chi connectivity index (χ3n) is 3.68. The second-order valence-electron chi connectivity index (χ2n) is 5.86. The molecular weight excluding hydrogens is 250 g/mol. The fourth-order valence-electron chi connectivity index (χ4n) is 2.71. The lowest BCUT2D eigenvalue weighted by molar-refractivity contribution is -0.117. The molecule has 2 rings (SSSR count). The summed E-state index contributed by atoms with van der Waals surface area (Å²) in [4.78, 5) is 16.7. The van der Waals surface area contributed by atoms with Crippen LogP contribution in [0.1, 0.15) is 17.5 Å². The first-order chi connectivity index (χ1) is 9.52. The molecule has 1 aromatic rings. The van der Waals surface area contributed by atoms with Gasteiger partial charge in [0.15, 0.2) is 0 Å². The van der Waals surface area contributed by atoms with Gasteiger partial charge in [0.2, 0.25) is 5.91 Å². The molecule has 0 unspecified atom stereocenters. The summed E-state index contributed by atoms with van der Waals surface area (Å²) < 4.78 is 0. The zero-order chi connectivity index (χ0) is 14.5. The van der Waals surface area contributed by atoms with Crippen molar-refractivity contribution in [3.8, 4) is 0 Å². The molecule has 1 fully saturated rings. The molecule has 1 aliphatic rings. The summed E-state index contributed by atoms with van der Waals surface area (Å²) in [5.41, 5.74) is 3.26. The molecule has 0 saturated carbocycles. The Morgan fingerprint density at radius 1 is 1.10 bits per heavy atom. The van der Waals surface area contributed by atoms with E-state index in [1.54, 1.807) is 0 Å². The average Bonchev–Trinajstić information content (AvgIpc) is 2.53. The van der Waals surface area contributed by atoms with E-state index >= 15 is 0 Å². The number of likely N-dealkylation sites (N-methyl/N-ethyl adjacent to an activating group) is 1. The van der Waals surface area contributed by atoms with Crippen molar-refractivity contribution in [3.63, 3.8) is 0 Å². The minimum atomic E-state index is 0.0829. The minimum absolute atomic E-state index is 0.0829. The lowest BCUT2D eigenvalue weighted by Crippen LogP contribution is -2.35. The molecule has 1 amide bonds. The number of nitrogens with zero attached hydrogens (tertiary/aromatic N) is 2. The first-order valence-corrected chi connectivity index (χ1v) is 7.32. The Kier molecular flexibility index (Phi) is 5.15. The molecule has 1 N–H and O–H groups in total. The van der Waals surface area contributed by atoms with Gasteiger partial charge in [-0.3, -0.25) is 9.69 Å². The summed E-state index contributed by atoms with van der Waals surface area (Å²) >= 11 is 0. The molecule has 1 saturated heterocycles. The van der Waals surface area contributed by atoms with Crippen LogP contribution in [0.4, 0.5) is 5.69 Å². The van der Waals surface area contributed by atoms with Crippen molar-refractivity contribution >= 4 is 11.6 Å². The van der Waals surface area contributed by atoms with Crippen LogP contribution in [0.2, 0.25) is 0 Å². The predicted molar refractivity (Wildman–Crippen MR) is 83.1 cm³/mol. The van der Waals surface area contributed by atoms with E-state index in [1.807, 2.05) is 26.0 Å². The Morgan fingerprint density at radius 3 is 2.50 bits per heavy atom. The first kappa shape index (κ1) is 15.0. The molecule has 110 valence electrons. The number of carbonyl (C=O) groups is 1. The summed E-state index contributed by atoms with van der Waals surface area (Å²) in [6, 6.07) is 6.14. The summed E-state index contributed by atoms with van der Waals surface area (Å²) in [6.45, 7) is 8.72. The molecule has 0 bridgehead atoms. The highest BCUT2D eigenvalue weighted by Crippen LogP contribution is 2.13. The number of carbonyl (C=O) groups excluding carboxylic acids is 1. The van der Waals surface area contributed by atoms with Gasteiger partial charge in [0.25, 0.3) is 0 Å². The van der Waals surface area contributed by atoms with Gasteiger partial charge in [0.05, 0.1) is 6.54 Å². The number of hydrogen-bond acceptors (Lipinski definition) is 3. The maximum absolute atomic E-state index is 12.1. The normalized spacial score (nSPS) is 17.8. The minimum Gasteiger partial charge on any atom is -0.325 e. The predicted octanol–water partition coefficient (Wildman–Crippen LogP) is 1.88. The van der Waals surface area contributed by atoms with E-state index in [1.165, 1.54) is 11.1 Å². The van der Waals surface area contributed by atoms with Crippen molar-refractivity contribution in [2.75, 3.05) is 45.1 Å². The van der Waals surface area contributed by atoms with Crippen LogP contribution in [0.3, 0.4) is 0 Å². The number of anilines is 1. The third-order valence-corrected chi connectivity index (χ3v) is 3.68. The molecule has 0 aromatic heterocycles. The second kappa shape index (κ2) is 6.86. The molecule has 4 nitrogen and oxygen atoms in total. The average molecular weight is 275 g/mol. The van der Waals surface area contributed by atoms with Gasteiger partial charge in [-0.25, -0.2) is 0 Å². The molecule has 1 heterocycles. The molecular formula is C16H25N3O. The smallest absolute Gasteiger partial charge is 0.238 e. The van der Waals surface area contributed by atoms with E-state index in [4.69, 9.17) is 0 Å². The number of hydrogen-bond donors (Lipinski definition) is 1. The summed E-state index contributed by atoms with van der Waals surface area (Å²) in [6.07, 6.45) is 1.13. The standard InChI is InChI=1S/C16H25N3O/c1-13-9-14(2)11-15(10-13)17-16(20)12-19-6-4-5-18(3)7-8-19/h9-11H,4-8,12H2,1-3H3,(H,17,20). The molecule has 4 heteroatoms. The largest absolute Gasteiger partial charge is 0.325 e. The van der Waals surface area contributed by atoms with Gasteiger partial charge >= 0.3 is 0 Å². The number of benzene rings is 1. The molecule has 0 radical (unpaired) electrons. The SMILES string of the molecule is Cc1cc(C)cc(NC(=O)CN2CCCN(C)CC2)c1. The third kappa shape index (κ3) is 4.62. The van der Waals surface area contributed by atoms with E-state index in [-0.39, 0.29) is 5.91 Å². The second-order valence-corrected chi connectivity index (χ2v) is 5.86. The Hall–Kier alpha value is -1.39. The Bertz CT molecular complexity index is 453. The van der Waals surface area contributed by atoms with E-state index < -0.39 is 0 Å². The van der Waals surface area contributed by atoms with Crippen molar-refractivity contribution in [1.82, 2.24) is 9.80 Å². The molecule has 20 heavy (non-hydrogen) atoms. The zero-order valence-electron chi connectivity index (χ0n) is 12.8. The maximum Gasteiger partial charge on any atom is 0.238 e. The van der Waals surface area contributed by atoms with Gasteiger partial charge < -0.3 is 10.2 Å². The monoisotopic (exact) mass is 275 g/mol. The van der Waals surface area contributed by atoms with E-state index in [9.17, 15) is 4.79 Å². The van der Waals surface area contributed by atoms with Crippen molar-refractivity contribution in [2.24, 2.45) is 0 Å². The zero-order valence-corrected chi connectivity index (χ0v) is 12.8. The highest BCUT2D eigenvalue weighted by atomic mass is 16.2. The van der Waals surface area contributed by atoms with E-state index in [0.717, 1.165) is 38.3 Å². The molecule has 0 spiro atoms. The molecule has 1 aromatic carbocycles. The number of rotatable bonds is 3. The van der Waals surface area contributed by atoms with Gasteiger partial charge in [0, 0.05) is 18.8 Å². The molecule has 0 aliphatic carbocycles. The quantitative estimate of drug-likeness (QED) is 0.915. The van der Waals surface area contributed by atoms with Crippen LogP contribution in [0.25, 0.3) is 0 Å². The number of amides is 1. The van der Waals surface area contributed by atoms with Gasteiger partial charge in [0.1, 0.15) is 0 Å². The van der Waals surface area contributed by atoms with Crippen molar-refractivity contribution < 1.29 is 4.79 Å². The fourth-order valence-corrected chi connectivity index (χ4v) is 2.71. The number of aryl methyl sites for hydroxylation is 2. The van der Waals surface area contributed by atoms with E-state index in [0.29, 0.717) is 6.54 Å². The van der Waals surface area contributed by atoms with Crippen LogP contribution in [-0.4, -0.2) is 55.5 Å². The molecule has 0 atom stereocenters. The highest BCUT2D eigenvalue weighted by Gasteiger charge is 2.15. The van der Waals surface area contributed by atoms with Gasteiger partial charge in [-0.1, -0.05) is 6.07 Å². The van der Waals surface area contributed by atoms with Gasteiger partial charge in [-0.2, -0.15) is 0 Å². The number of nitrogens with one attached hydrogen (secondary N) is 1. The Morgan fingerprint density at radius 2 is 1.80 bits per heavy atom. The summed E-state index contributed by atoms with van der Waals surface area (Å²) in [5, 5.41) is 3.01. The van der Waals surface area contributed by atoms with Crippen molar-refractivity contribution in [3.05, 3.63) is 29.3 Å². The topological polar surface area (TPSA) is 35.6 Å². The maximum atomic E-state index is 12.1. The molecule has 1 aliphatic heterocycles. The van der Waals surface area contributed by atoms with Gasteiger partial charge in [-0.05, 0) is 63.7 Å². The lowest BCUT2D eigenvalue weighted by Gasteiger charge is -2.19. The Labute approximate surface area is 121 Å². The van der Waals surface area contributed by atoms with Crippen molar-refractivity contribution in [1.29, 1.82) is 0 Å². The van der Waals surface area contributed by atoms with Gasteiger partial charge in [-0.15, -0.1) is 0 Å².